The van der Waals surface area contributed by atoms with Crippen molar-refractivity contribution in [2.45, 2.75) is 32.6 Å². The first-order valence-electron chi connectivity index (χ1n) is 10.2. The summed E-state index contributed by atoms with van der Waals surface area (Å²) in [6, 6.07) is 10.7. The molecule has 0 aromatic heterocycles. The first-order chi connectivity index (χ1) is 13.9. The van der Waals surface area contributed by atoms with Crippen LogP contribution < -0.4 is 4.74 Å². The molecule has 0 heterocycles. The van der Waals surface area contributed by atoms with E-state index in [1.54, 1.807) is 18.2 Å². The van der Waals surface area contributed by atoms with E-state index in [9.17, 15) is 9.90 Å². The van der Waals surface area contributed by atoms with Crippen LogP contribution in [-0.2, 0) is 4.79 Å². The lowest BCUT2D eigenvalue weighted by atomic mass is 9.59. The number of Topliss-reactive ketones (excluding diaryl/α,β-unsaturated/α-hetero) is 1. The van der Waals surface area contributed by atoms with E-state index in [0.717, 1.165) is 36.8 Å². The van der Waals surface area contributed by atoms with Crippen molar-refractivity contribution in [2.75, 3.05) is 0 Å². The van der Waals surface area contributed by atoms with Gasteiger partial charge in [0.25, 0.3) is 0 Å². The number of carbonyl (C=O) groups is 1. The summed E-state index contributed by atoms with van der Waals surface area (Å²) in [6.45, 7) is 1.96. The van der Waals surface area contributed by atoms with Crippen LogP contribution in [0.3, 0.4) is 0 Å². The van der Waals surface area contributed by atoms with Gasteiger partial charge in [-0.05, 0) is 85.9 Å². The molecule has 2 aromatic rings. The summed E-state index contributed by atoms with van der Waals surface area (Å²) in [4.78, 5) is 13.4. The summed E-state index contributed by atoms with van der Waals surface area (Å²) >= 11 is 12.2. The van der Waals surface area contributed by atoms with E-state index < -0.39 is 0 Å². The maximum Gasteiger partial charge on any atom is 0.170 e. The molecule has 3 nitrogen and oxygen atoms in total. The molecule has 0 amide bonds. The number of rotatable bonds is 3. The predicted molar refractivity (Wildman–Crippen MR) is 115 cm³/mol. The molecular weight excluding hydrogens is 407 g/mol. The molecule has 4 aliphatic rings. The Morgan fingerprint density at radius 2 is 1.66 bits per heavy atom. The van der Waals surface area contributed by atoms with Gasteiger partial charge in [0.15, 0.2) is 5.78 Å². The van der Waals surface area contributed by atoms with Crippen LogP contribution in [0.25, 0.3) is 5.57 Å². The molecule has 0 spiro atoms. The van der Waals surface area contributed by atoms with E-state index in [0.29, 0.717) is 44.7 Å². The third-order valence-electron chi connectivity index (χ3n) is 6.94. The number of allylic oxidation sites excluding steroid dienone is 2. The number of hydrogen-bond acceptors (Lipinski definition) is 3. The molecule has 0 saturated heterocycles. The van der Waals surface area contributed by atoms with Crippen molar-refractivity contribution < 1.29 is 14.6 Å². The minimum absolute atomic E-state index is 0.000292. The van der Waals surface area contributed by atoms with Crippen molar-refractivity contribution >= 4 is 34.6 Å². The summed E-state index contributed by atoms with van der Waals surface area (Å²) in [5.74, 6) is 2.25. The van der Waals surface area contributed by atoms with Gasteiger partial charge in [-0.2, -0.15) is 0 Å². The molecule has 2 atom stereocenters. The molecule has 3 saturated carbocycles. The fourth-order valence-corrected chi connectivity index (χ4v) is 6.02. The van der Waals surface area contributed by atoms with Gasteiger partial charge in [0.2, 0.25) is 0 Å². The van der Waals surface area contributed by atoms with E-state index in [4.69, 9.17) is 27.9 Å². The van der Waals surface area contributed by atoms with Crippen LogP contribution in [0.15, 0.2) is 42.2 Å². The molecule has 5 heteroatoms. The Morgan fingerprint density at radius 1 is 0.966 bits per heavy atom. The quantitative estimate of drug-likeness (QED) is 0.572. The molecule has 1 N–H and O–H groups in total. The number of aliphatic hydroxyl groups is 1. The monoisotopic (exact) mass is 428 g/mol. The zero-order valence-corrected chi connectivity index (χ0v) is 17.6. The molecule has 3 fully saturated rings. The zero-order valence-electron chi connectivity index (χ0n) is 16.1. The zero-order chi connectivity index (χ0) is 20.3. The average Bonchev–Trinajstić information content (AvgIpc) is 2.99. The van der Waals surface area contributed by atoms with Gasteiger partial charge in [-0.15, -0.1) is 0 Å². The van der Waals surface area contributed by atoms with E-state index in [2.05, 4.69) is 0 Å². The number of aliphatic hydroxyl groups excluding tert-OH is 1. The van der Waals surface area contributed by atoms with Gasteiger partial charge in [0, 0.05) is 16.9 Å². The number of halogens is 2. The Kier molecular flexibility index (Phi) is 4.64. The minimum atomic E-state index is -0.0489. The van der Waals surface area contributed by atoms with Crippen LogP contribution in [0.5, 0.6) is 11.5 Å². The van der Waals surface area contributed by atoms with Crippen molar-refractivity contribution in [2.24, 2.45) is 23.7 Å². The number of ether oxygens (including phenoxy) is 1. The summed E-state index contributed by atoms with van der Waals surface area (Å²) in [7, 11) is 0. The highest BCUT2D eigenvalue weighted by Crippen LogP contribution is 2.57. The number of ketones is 1. The molecular formula is C24H22Cl2O3. The molecule has 0 aliphatic heterocycles. The normalized spacial score (nSPS) is 28.0. The van der Waals surface area contributed by atoms with E-state index in [1.165, 1.54) is 0 Å². The highest BCUT2D eigenvalue weighted by Gasteiger charge is 2.54. The highest BCUT2D eigenvalue weighted by molar-refractivity contribution is 6.35. The first-order valence-corrected chi connectivity index (χ1v) is 10.9. The fraction of sp³-hybridized carbons (Fsp3) is 0.375. The summed E-state index contributed by atoms with van der Waals surface area (Å²) in [5.41, 5.74) is 2.19. The van der Waals surface area contributed by atoms with E-state index in [-0.39, 0.29) is 17.6 Å². The molecule has 2 unspecified atom stereocenters. The van der Waals surface area contributed by atoms with Crippen LogP contribution in [-0.4, -0.2) is 10.9 Å². The number of carbonyl (C=O) groups excluding carboxylic acids is 1. The topological polar surface area (TPSA) is 46.5 Å². The SMILES string of the molecule is Cc1ccc(Oc2ccc(Cl)cc2Cl)cc1C1=C(O)C2C(C1=O)[C@H]1CC[C@@H]2CC1. The standard InChI is InChI=1S/C24H22Cl2O3/c1-12-2-8-16(29-19-9-7-15(25)10-18(19)26)11-17(12)22-23(27)20-13-3-4-14(6-5-13)21(20)24(22)28/h2,7-11,13-14,20-21,27H,3-6H2,1H3/t13-,14+,20?,21?. The average molecular weight is 429 g/mol. The Bertz CT molecular complexity index is 1030. The lowest BCUT2D eigenvalue weighted by Gasteiger charge is -2.44. The number of hydrogen-bond donors (Lipinski definition) is 1. The van der Waals surface area contributed by atoms with Gasteiger partial charge in [-0.25, -0.2) is 0 Å². The minimum Gasteiger partial charge on any atom is -0.511 e. The fourth-order valence-electron chi connectivity index (χ4n) is 5.57. The van der Waals surface area contributed by atoms with Crippen molar-refractivity contribution in [3.8, 4) is 11.5 Å². The summed E-state index contributed by atoms with van der Waals surface area (Å²) in [5, 5.41) is 12.0. The predicted octanol–water partition coefficient (Wildman–Crippen LogP) is 7.00. The Labute approximate surface area is 180 Å². The second-order valence-electron chi connectivity index (χ2n) is 8.50. The molecule has 0 radical (unpaired) electrons. The molecule has 150 valence electrons. The second kappa shape index (κ2) is 7.07. The second-order valence-corrected chi connectivity index (χ2v) is 9.35. The van der Waals surface area contributed by atoms with Crippen LogP contribution >= 0.6 is 23.2 Å². The van der Waals surface area contributed by atoms with Crippen molar-refractivity contribution in [1.29, 1.82) is 0 Å². The summed E-state index contributed by atoms with van der Waals surface area (Å²) in [6.07, 6.45) is 4.45. The Morgan fingerprint density at radius 3 is 2.31 bits per heavy atom. The summed E-state index contributed by atoms with van der Waals surface area (Å²) < 4.78 is 5.96. The molecule has 29 heavy (non-hydrogen) atoms. The molecule has 4 aliphatic carbocycles. The smallest absolute Gasteiger partial charge is 0.170 e. The van der Waals surface area contributed by atoms with E-state index >= 15 is 0 Å². The highest BCUT2D eigenvalue weighted by atomic mass is 35.5. The lowest BCUT2D eigenvalue weighted by molar-refractivity contribution is -0.123. The van der Waals surface area contributed by atoms with Crippen molar-refractivity contribution in [1.82, 2.24) is 0 Å². The van der Waals surface area contributed by atoms with Crippen LogP contribution in [0, 0.1) is 30.6 Å². The van der Waals surface area contributed by atoms with Gasteiger partial charge in [-0.1, -0.05) is 29.3 Å². The molecule has 2 bridgehead atoms. The maximum atomic E-state index is 13.4. The van der Waals surface area contributed by atoms with E-state index in [1.807, 2.05) is 25.1 Å². The van der Waals surface area contributed by atoms with Crippen LogP contribution in [0.1, 0.15) is 36.8 Å². The van der Waals surface area contributed by atoms with Crippen molar-refractivity contribution in [3.05, 3.63) is 63.3 Å². The van der Waals surface area contributed by atoms with Gasteiger partial charge in [-0.3, -0.25) is 4.79 Å². The van der Waals surface area contributed by atoms with Gasteiger partial charge < -0.3 is 9.84 Å². The molecule has 2 aromatic carbocycles. The third kappa shape index (κ3) is 3.06. The first kappa shape index (κ1) is 19.0. The third-order valence-corrected chi connectivity index (χ3v) is 7.47. The largest absolute Gasteiger partial charge is 0.511 e. The van der Waals surface area contributed by atoms with Crippen LogP contribution in [0.2, 0.25) is 10.0 Å². The Balaban J connectivity index is 1.53. The van der Waals surface area contributed by atoms with Crippen molar-refractivity contribution in [3.63, 3.8) is 0 Å². The molecule has 6 rings (SSSR count). The van der Waals surface area contributed by atoms with Gasteiger partial charge in [0.05, 0.1) is 10.6 Å². The van der Waals surface area contributed by atoms with Crippen LogP contribution in [0.4, 0.5) is 0 Å². The number of benzene rings is 2. The lowest BCUT2D eigenvalue weighted by Crippen LogP contribution is -2.41. The number of fused-ring (bicyclic) bond motifs is 2. The van der Waals surface area contributed by atoms with Gasteiger partial charge >= 0.3 is 0 Å². The maximum absolute atomic E-state index is 13.4. The number of aryl methyl sites for hydroxylation is 1. The van der Waals surface area contributed by atoms with Gasteiger partial charge in [0.1, 0.15) is 17.3 Å². The Hall–Kier alpha value is -1.97.